The fourth-order valence-electron chi connectivity index (χ4n) is 7.82. The van der Waals surface area contributed by atoms with Crippen molar-refractivity contribution in [3.8, 4) is 5.69 Å². The van der Waals surface area contributed by atoms with Gasteiger partial charge in [0, 0.05) is 17.6 Å². The third-order valence-electron chi connectivity index (χ3n) is 9.06. The maximum absolute atomic E-state index is 13.5. The number of urea groups is 1. The predicted molar refractivity (Wildman–Crippen MR) is 141 cm³/mol. The highest BCUT2D eigenvalue weighted by Gasteiger charge is 2.51. The fourth-order valence-corrected chi connectivity index (χ4v) is 7.82. The van der Waals surface area contributed by atoms with Crippen molar-refractivity contribution in [1.82, 2.24) is 9.88 Å². The molecule has 0 atom stereocenters. The van der Waals surface area contributed by atoms with Gasteiger partial charge in [-0.15, -0.1) is 0 Å². The van der Waals surface area contributed by atoms with Crippen molar-refractivity contribution in [3.05, 3.63) is 89.5 Å². The number of aromatic nitrogens is 1. The Morgan fingerprint density at radius 2 is 1.42 bits per heavy atom. The minimum Gasteiger partial charge on any atom is -0.317 e. The average Bonchev–Trinajstić information content (AvgIpc) is 3.35. The molecule has 1 aromatic heterocycles. The molecule has 7 heteroatoms. The summed E-state index contributed by atoms with van der Waals surface area (Å²) in [5.74, 6) is 0.696. The van der Waals surface area contributed by atoms with Gasteiger partial charge in [-0.2, -0.15) is 0 Å². The Morgan fingerprint density at radius 3 is 2.05 bits per heavy atom. The van der Waals surface area contributed by atoms with Gasteiger partial charge in [0.15, 0.2) is 0 Å². The lowest BCUT2D eigenvalue weighted by Crippen LogP contribution is -2.54. The molecule has 8 rings (SSSR count). The maximum atomic E-state index is 13.5. The molecule has 4 saturated carbocycles. The van der Waals surface area contributed by atoms with Crippen molar-refractivity contribution in [2.24, 2.45) is 17.8 Å². The lowest BCUT2D eigenvalue weighted by atomic mass is 9.48. The molecule has 5 aliphatic rings. The minimum atomic E-state index is -0.756. The van der Waals surface area contributed by atoms with Crippen LogP contribution in [0.1, 0.15) is 49.8 Å². The summed E-state index contributed by atoms with van der Waals surface area (Å²) in [6, 6.07) is 16.5. The molecule has 4 amide bonds. The summed E-state index contributed by atoms with van der Waals surface area (Å²) >= 11 is 0. The molecule has 2 aromatic carbocycles. The van der Waals surface area contributed by atoms with E-state index in [2.05, 4.69) is 17.4 Å². The van der Waals surface area contributed by atoms with Gasteiger partial charge in [0.05, 0.1) is 5.69 Å². The standard InChI is InChI=1S/C31H28FN3O3/c32-23-5-9-24(10-6-23)34-11-1-2-26(34)15-27-28(36)33-30(38)35(29(27)37)25-7-3-22(4-8-25)31-16-19-12-20(17-31)14-21(13-19)18-31/h1-11,15,19-21H,12-14,16-18H2,(H,33,36,38)/b27-15+. The first-order valence-electron chi connectivity index (χ1n) is 13.3. The summed E-state index contributed by atoms with van der Waals surface area (Å²) in [5.41, 5.74) is 3.05. The molecule has 6 nitrogen and oxygen atoms in total. The van der Waals surface area contributed by atoms with Gasteiger partial charge < -0.3 is 4.57 Å². The third-order valence-corrected chi connectivity index (χ3v) is 9.06. The number of hydrogen-bond acceptors (Lipinski definition) is 3. The second-order valence-corrected chi connectivity index (χ2v) is 11.5. The van der Waals surface area contributed by atoms with E-state index in [0.29, 0.717) is 17.1 Å². The highest BCUT2D eigenvalue weighted by atomic mass is 19.1. The van der Waals surface area contributed by atoms with E-state index < -0.39 is 17.8 Å². The van der Waals surface area contributed by atoms with E-state index in [1.165, 1.54) is 62.3 Å². The number of barbiturate groups is 1. The van der Waals surface area contributed by atoms with Gasteiger partial charge in [-0.05, 0) is 122 Å². The molecule has 0 spiro atoms. The summed E-state index contributed by atoms with van der Waals surface area (Å²) < 4.78 is 15.1. The zero-order valence-corrected chi connectivity index (χ0v) is 20.9. The molecular formula is C31H28FN3O3. The fraction of sp³-hybridized carbons (Fsp3) is 0.323. The average molecular weight is 510 g/mol. The van der Waals surface area contributed by atoms with Crippen LogP contribution in [0.15, 0.2) is 72.4 Å². The molecule has 1 saturated heterocycles. The molecule has 38 heavy (non-hydrogen) atoms. The summed E-state index contributed by atoms with van der Waals surface area (Å²) in [7, 11) is 0. The van der Waals surface area contributed by atoms with Gasteiger partial charge in [-0.3, -0.25) is 14.9 Å². The largest absolute Gasteiger partial charge is 0.335 e. The van der Waals surface area contributed by atoms with E-state index in [4.69, 9.17) is 0 Å². The molecule has 2 heterocycles. The Kier molecular flexibility index (Phi) is 5.18. The predicted octanol–water partition coefficient (Wildman–Crippen LogP) is 5.75. The summed E-state index contributed by atoms with van der Waals surface area (Å²) in [6.07, 6.45) is 11.0. The highest BCUT2D eigenvalue weighted by molar-refractivity contribution is 6.39. The molecule has 3 aromatic rings. The molecule has 192 valence electrons. The Bertz CT molecular complexity index is 1450. The van der Waals surface area contributed by atoms with Crippen molar-refractivity contribution in [2.45, 2.75) is 43.9 Å². The smallest absolute Gasteiger partial charge is 0.317 e. The van der Waals surface area contributed by atoms with E-state index in [1.54, 1.807) is 35.0 Å². The lowest BCUT2D eigenvalue weighted by molar-refractivity contribution is -0.122. The highest BCUT2D eigenvalue weighted by Crippen LogP contribution is 2.60. The topological polar surface area (TPSA) is 71.4 Å². The van der Waals surface area contributed by atoms with E-state index in [-0.39, 0.29) is 16.8 Å². The number of carbonyl (C=O) groups excluding carboxylic acids is 3. The Hall–Kier alpha value is -4.00. The number of rotatable bonds is 4. The number of nitrogens with zero attached hydrogens (tertiary/aromatic N) is 2. The summed E-state index contributed by atoms with van der Waals surface area (Å²) in [6.45, 7) is 0. The molecule has 4 bridgehead atoms. The van der Waals surface area contributed by atoms with Crippen LogP contribution >= 0.6 is 0 Å². The van der Waals surface area contributed by atoms with Gasteiger partial charge in [0.1, 0.15) is 11.4 Å². The summed E-state index contributed by atoms with van der Waals surface area (Å²) in [4.78, 5) is 40.0. The SMILES string of the molecule is O=C1NC(=O)N(c2ccc(C34CC5CC(CC(C5)C3)C4)cc2)C(=O)/C1=C/c1cccn1-c1ccc(F)cc1. The summed E-state index contributed by atoms with van der Waals surface area (Å²) in [5, 5.41) is 2.31. The molecule has 0 radical (unpaired) electrons. The van der Waals surface area contributed by atoms with Crippen LogP contribution < -0.4 is 10.2 Å². The van der Waals surface area contributed by atoms with Gasteiger partial charge in [-0.1, -0.05) is 12.1 Å². The van der Waals surface area contributed by atoms with Crippen molar-refractivity contribution in [3.63, 3.8) is 0 Å². The van der Waals surface area contributed by atoms with Gasteiger partial charge >= 0.3 is 6.03 Å². The Balaban J connectivity index is 1.18. The van der Waals surface area contributed by atoms with Crippen molar-refractivity contribution < 1.29 is 18.8 Å². The van der Waals surface area contributed by atoms with Crippen LogP contribution in [0.25, 0.3) is 11.8 Å². The van der Waals surface area contributed by atoms with Crippen LogP contribution in [-0.4, -0.2) is 22.4 Å². The molecule has 5 fully saturated rings. The number of carbonyl (C=O) groups is 3. The Labute approximate surface area is 220 Å². The van der Waals surface area contributed by atoms with E-state index in [1.807, 2.05) is 12.1 Å². The second kappa shape index (κ2) is 8.51. The number of anilines is 1. The van der Waals surface area contributed by atoms with Gasteiger partial charge in [0.25, 0.3) is 11.8 Å². The van der Waals surface area contributed by atoms with Crippen LogP contribution in [0.3, 0.4) is 0 Å². The molecule has 1 N–H and O–H groups in total. The van der Waals surface area contributed by atoms with Gasteiger partial charge in [-0.25, -0.2) is 14.1 Å². The van der Waals surface area contributed by atoms with E-state index in [9.17, 15) is 18.8 Å². The van der Waals surface area contributed by atoms with Crippen LogP contribution in [-0.2, 0) is 15.0 Å². The van der Waals surface area contributed by atoms with E-state index in [0.717, 1.165) is 22.7 Å². The number of nitrogens with one attached hydrogen (secondary N) is 1. The van der Waals surface area contributed by atoms with Crippen LogP contribution in [0.5, 0.6) is 0 Å². The first-order valence-corrected chi connectivity index (χ1v) is 13.3. The van der Waals surface area contributed by atoms with Crippen molar-refractivity contribution in [1.29, 1.82) is 0 Å². The van der Waals surface area contributed by atoms with Crippen molar-refractivity contribution in [2.75, 3.05) is 4.90 Å². The normalized spacial score (nSPS) is 29.3. The maximum Gasteiger partial charge on any atom is 0.335 e. The van der Waals surface area contributed by atoms with Gasteiger partial charge in [0.2, 0.25) is 0 Å². The second-order valence-electron chi connectivity index (χ2n) is 11.5. The Morgan fingerprint density at radius 1 is 0.816 bits per heavy atom. The lowest BCUT2D eigenvalue weighted by Gasteiger charge is -2.57. The molecule has 0 unspecified atom stereocenters. The zero-order chi connectivity index (χ0) is 26.0. The number of hydrogen-bond donors (Lipinski definition) is 1. The first-order chi connectivity index (χ1) is 18.4. The van der Waals surface area contributed by atoms with E-state index >= 15 is 0 Å². The number of halogens is 1. The quantitative estimate of drug-likeness (QED) is 0.360. The van der Waals surface area contributed by atoms with Crippen molar-refractivity contribution >= 4 is 29.6 Å². The zero-order valence-electron chi connectivity index (χ0n) is 20.9. The number of benzene rings is 2. The first kappa shape index (κ1) is 23.1. The molecule has 4 aliphatic carbocycles. The monoisotopic (exact) mass is 509 g/mol. The third kappa shape index (κ3) is 3.71. The van der Waals surface area contributed by atoms with Crippen LogP contribution in [0, 0.1) is 23.6 Å². The minimum absolute atomic E-state index is 0.142. The number of imide groups is 2. The van der Waals surface area contributed by atoms with Crippen LogP contribution in [0.4, 0.5) is 14.9 Å². The number of amides is 4. The van der Waals surface area contributed by atoms with Crippen LogP contribution in [0.2, 0.25) is 0 Å². The molecular weight excluding hydrogens is 481 g/mol. The molecule has 1 aliphatic heterocycles.